The molecule has 0 aromatic carbocycles. The Bertz CT molecular complexity index is 278. The first-order valence-electron chi connectivity index (χ1n) is 3.86. The monoisotopic (exact) mass is 166 g/mol. The molecule has 2 heterocycles. The predicted octanol–water partition coefficient (Wildman–Crippen LogP) is 0.247. The Kier molecular flexibility index (Phi) is 1.83. The van der Waals surface area contributed by atoms with Gasteiger partial charge in [0, 0.05) is 6.20 Å². The number of nitrogens with one attached hydrogen (secondary N) is 1. The molecule has 0 saturated carbocycles. The molecule has 0 radical (unpaired) electrons. The van der Waals surface area contributed by atoms with Gasteiger partial charge in [0.1, 0.15) is 6.10 Å². The van der Waals surface area contributed by atoms with Crippen LogP contribution in [-0.2, 0) is 0 Å². The van der Waals surface area contributed by atoms with Crippen molar-refractivity contribution in [3.05, 3.63) is 18.3 Å². The fourth-order valence-corrected chi connectivity index (χ4v) is 1.14. The van der Waals surface area contributed by atoms with Gasteiger partial charge in [-0.25, -0.2) is 4.98 Å². The van der Waals surface area contributed by atoms with Gasteiger partial charge < -0.3 is 15.2 Å². The molecule has 0 fully saturated rings. The van der Waals surface area contributed by atoms with Crippen molar-refractivity contribution < 1.29 is 9.84 Å². The van der Waals surface area contributed by atoms with Crippen LogP contribution >= 0.6 is 0 Å². The van der Waals surface area contributed by atoms with Crippen molar-refractivity contribution in [3.63, 3.8) is 0 Å². The molecule has 4 heteroatoms. The summed E-state index contributed by atoms with van der Waals surface area (Å²) in [7, 11) is 0. The number of aliphatic hydroxyl groups excluding tert-OH is 1. The van der Waals surface area contributed by atoms with Crippen molar-refractivity contribution in [1.82, 2.24) is 4.98 Å². The van der Waals surface area contributed by atoms with Gasteiger partial charge in [0.15, 0.2) is 0 Å². The zero-order valence-corrected chi connectivity index (χ0v) is 6.53. The van der Waals surface area contributed by atoms with E-state index >= 15 is 0 Å². The van der Waals surface area contributed by atoms with Crippen LogP contribution in [0.1, 0.15) is 0 Å². The van der Waals surface area contributed by atoms with Crippen LogP contribution in [0.5, 0.6) is 5.88 Å². The number of rotatable bonds is 1. The van der Waals surface area contributed by atoms with Crippen molar-refractivity contribution in [1.29, 1.82) is 0 Å². The first-order valence-corrected chi connectivity index (χ1v) is 3.86. The third-order valence-electron chi connectivity index (χ3n) is 1.77. The number of nitrogens with zero attached hydrogens (tertiary/aromatic N) is 1. The topological polar surface area (TPSA) is 54.4 Å². The molecule has 1 aromatic rings. The van der Waals surface area contributed by atoms with Gasteiger partial charge in [-0.1, -0.05) is 0 Å². The number of aliphatic hydroxyl groups is 1. The maximum Gasteiger partial charge on any atom is 0.237 e. The number of fused-ring (bicyclic) bond motifs is 1. The molecular formula is C8H10N2O2. The zero-order valence-electron chi connectivity index (χ0n) is 6.53. The van der Waals surface area contributed by atoms with Crippen LogP contribution in [-0.4, -0.2) is 29.3 Å². The second kappa shape index (κ2) is 2.98. The van der Waals surface area contributed by atoms with Crippen molar-refractivity contribution in [3.8, 4) is 5.88 Å². The first-order chi connectivity index (χ1) is 5.90. The van der Waals surface area contributed by atoms with Gasteiger partial charge in [0.05, 0.1) is 18.8 Å². The van der Waals surface area contributed by atoms with Crippen LogP contribution in [0.4, 0.5) is 5.69 Å². The van der Waals surface area contributed by atoms with E-state index < -0.39 is 0 Å². The molecule has 0 saturated heterocycles. The van der Waals surface area contributed by atoms with E-state index in [1.54, 1.807) is 6.20 Å². The van der Waals surface area contributed by atoms with Gasteiger partial charge in [-0.2, -0.15) is 0 Å². The van der Waals surface area contributed by atoms with Gasteiger partial charge in [-0.15, -0.1) is 0 Å². The minimum Gasteiger partial charge on any atom is -0.469 e. The summed E-state index contributed by atoms with van der Waals surface area (Å²) in [6, 6.07) is 3.74. The second-order valence-electron chi connectivity index (χ2n) is 2.66. The highest BCUT2D eigenvalue weighted by Gasteiger charge is 2.18. The maximum atomic E-state index is 8.82. The van der Waals surface area contributed by atoms with Crippen molar-refractivity contribution >= 4 is 5.69 Å². The van der Waals surface area contributed by atoms with Crippen LogP contribution < -0.4 is 10.1 Å². The van der Waals surface area contributed by atoms with Crippen molar-refractivity contribution in [2.24, 2.45) is 0 Å². The SMILES string of the molecule is OCC1CNc2cccnc2O1. The minimum atomic E-state index is -0.174. The Morgan fingerprint density at radius 1 is 1.75 bits per heavy atom. The largest absolute Gasteiger partial charge is 0.469 e. The van der Waals surface area contributed by atoms with Crippen LogP contribution in [0.15, 0.2) is 18.3 Å². The number of ether oxygens (including phenoxy) is 1. The molecule has 1 aromatic heterocycles. The number of anilines is 1. The summed E-state index contributed by atoms with van der Waals surface area (Å²) in [5.41, 5.74) is 0.891. The number of hydrogen-bond acceptors (Lipinski definition) is 4. The second-order valence-corrected chi connectivity index (χ2v) is 2.66. The summed E-state index contributed by atoms with van der Waals surface area (Å²) < 4.78 is 5.36. The van der Waals surface area contributed by atoms with Crippen molar-refractivity contribution in [2.45, 2.75) is 6.10 Å². The average Bonchev–Trinajstić information content (AvgIpc) is 2.17. The van der Waals surface area contributed by atoms with E-state index in [0.717, 1.165) is 5.69 Å². The van der Waals surface area contributed by atoms with Gasteiger partial charge >= 0.3 is 0 Å². The van der Waals surface area contributed by atoms with E-state index in [1.165, 1.54) is 0 Å². The maximum absolute atomic E-state index is 8.82. The predicted molar refractivity (Wildman–Crippen MR) is 44.2 cm³/mol. The zero-order chi connectivity index (χ0) is 8.39. The number of pyridine rings is 1. The molecule has 2 rings (SSSR count). The summed E-state index contributed by atoms with van der Waals surface area (Å²) in [5, 5.41) is 11.9. The van der Waals surface area contributed by atoms with Crippen LogP contribution in [0, 0.1) is 0 Å². The summed E-state index contributed by atoms with van der Waals surface area (Å²) >= 11 is 0. The van der Waals surface area contributed by atoms with Gasteiger partial charge in [-0.05, 0) is 12.1 Å². The van der Waals surface area contributed by atoms with E-state index in [2.05, 4.69) is 10.3 Å². The highest BCUT2D eigenvalue weighted by atomic mass is 16.5. The van der Waals surface area contributed by atoms with Gasteiger partial charge in [0.2, 0.25) is 5.88 Å². The van der Waals surface area contributed by atoms with Gasteiger partial charge in [0.25, 0.3) is 0 Å². The van der Waals surface area contributed by atoms with Gasteiger partial charge in [-0.3, -0.25) is 0 Å². The highest BCUT2D eigenvalue weighted by Crippen LogP contribution is 2.24. The Hall–Kier alpha value is -1.29. The lowest BCUT2D eigenvalue weighted by atomic mass is 10.3. The molecule has 1 aliphatic heterocycles. The Morgan fingerprint density at radius 2 is 2.67 bits per heavy atom. The highest BCUT2D eigenvalue weighted by molar-refractivity contribution is 5.53. The fourth-order valence-electron chi connectivity index (χ4n) is 1.14. The molecule has 0 aliphatic carbocycles. The lowest BCUT2D eigenvalue weighted by molar-refractivity contribution is 0.115. The molecule has 64 valence electrons. The smallest absolute Gasteiger partial charge is 0.237 e. The molecule has 0 spiro atoms. The van der Waals surface area contributed by atoms with Crippen LogP contribution in [0.3, 0.4) is 0 Å². The molecule has 1 unspecified atom stereocenters. The third-order valence-corrected chi connectivity index (χ3v) is 1.77. The molecule has 2 N–H and O–H groups in total. The van der Waals surface area contributed by atoms with Crippen LogP contribution in [0.2, 0.25) is 0 Å². The van der Waals surface area contributed by atoms with E-state index in [9.17, 15) is 0 Å². The molecule has 1 atom stereocenters. The lowest BCUT2D eigenvalue weighted by Crippen LogP contribution is -2.34. The Labute approximate surface area is 70.2 Å². The standard InChI is InChI=1S/C8H10N2O2/c11-5-6-4-10-7-2-1-3-9-8(7)12-6/h1-3,6,10-11H,4-5H2. The Morgan fingerprint density at radius 3 is 3.50 bits per heavy atom. The molecule has 4 nitrogen and oxygen atoms in total. The summed E-state index contributed by atoms with van der Waals surface area (Å²) in [6.07, 6.45) is 1.49. The number of hydrogen-bond donors (Lipinski definition) is 2. The molecule has 12 heavy (non-hydrogen) atoms. The van der Waals surface area contributed by atoms with Crippen LogP contribution in [0.25, 0.3) is 0 Å². The normalized spacial score (nSPS) is 20.6. The minimum absolute atomic E-state index is 0.0169. The summed E-state index contributed by atoms with van der Waals surface area (Å²) in [5.74, 6) is 0.572. The fraction of sp³-hybridized carbons (Fsp3) is 0.375. The molecular weight excluding hydrogens is 156 g/mol. The van der Waals surface area contributed by atoms with Crippen molar-refractivity contribution in [2.75, 3.05) is 18.5 Å². The summed E-state index contributed by atoms with van der Waals surface area (Å²) in [6.45, 7) is 0.651. The average molecular weight is 166 g/mol. The van der Waals surface area contributed by atoms with E-state index in [4.69, 9.17) is 9.84 Å². The molecule has 0 bridgehead atoms. The molecule has 1 aliphatic rings. The first kappa shape index (κ1) is 7.36. The third kappa shape index (κ3) is 1.21. The summed E-state index contributed by atoms with van der Waals surface area (Å²) in [4.78, 5) is 4.02. The molecule has 0 amide bonds. The quantitative estimate of drug-likeness (QED) is 0.627. The Balaban J connectivity index is 2.23. The number of aromatic nitrogens is 1. The van der Waals surface area contributed by atoms with E-state index in [1.807, 2.05) is 12.1 Å². The van der Waals surface area contributed by atoms with E-state index in [0.29, 0.717) is 12.4 Å². The van der Waals surface area contributed by atoms with E-state index in [-0.39, 0.29) is 12.7 Å². The lowest BCUT2D eigenvalue weighted by Gasteiger charge is -2.24.